The van der Waals surface area contributed by atoms with Gasteiger partial charge < -0.3 is 11.1 Å². The fourth-order valence-corrected chi connectivity index (χ4v) is 3.55. The first-order valence-corrected chi connectivity index (χ1v) is 9.12. The molecule has 2 aromatic carbocycles. The average Bonchev–Trinajstić information content (AvgIpc) is 3.07. The summed E-state index contributed by atoms with van der Waals surface area (Å²) < 4.78 is 42.1. The van der Waals surface area contributed by atoms with E-state index in [1.807, 2.05) is 0 Å². The van der Waals surface area contributed by atoms with Crippen LogP contribution in [0.1, 0.15) is 27.0 Å². The van der Waals surface area contributed by atoms with Gasteiger partial charge in [0, 0.05) is 21.2 Å². The summed E-state index contributed by atoms with van der Waals surface area (Å²) in [5, 5.41) is 2.56. The summed E-state index contributed by atoms with van der Waals surface area (Å²) in [6.45, 7) is 1.63. The molecule has 0 spiro atoms. The van der Waals surface area contributed by atoms with Crippen molar-refractivity contribution in [2.45, 2.75) is 18.7 Å². The second-order valence-electron chi connectivity index (χ2n) is 6.39. The van der Waals surface area contributed by atoms with Crippen LogP contribution in [0.3, 0.4) is 0 Å². The summed E-state index contributed by atoms with van der Waals surface area (Å²) in [5.74, 6) is -0.376. The van der Waals surface area contributed by atoms with Crippen molar-refractivity contribution >= 4 is 34.8 Å². The van der Waals surface area contributed by atoms with Crippen LogP contribution in [-0.4, -0.2) is 18.8 Å². The fourth-order valence-electron chi connectivity index (χ4n) is 3.03. The third kappa shape index (κ3) is 4.06. The summed E-state index contributed by atoms with van der Waals surface area (Å²) in [7, 11) is 0. The van der Waals surface area contributed by atoms with Gasteiger partial charge in [0.05, 0.1) is 12.4 Å². The van der Waals surface area contributed by atoms with Crippen molar-refractivity contribution in [1.29, 1.82) is 0 Å². The Labute approximate surface area is 174 Å². The highest BCUT2D eigenvalue weighted by Gasteiger charge is 2.59. The summed E-state index contributed by atoms with van der Waals surface area (Å²) in [5.41, 5.74) is 6.03. The van der Waals surface area contributed by atoms with Gasteiger partial charge in [-0.2, -0.15) is 13.2 Å². The molecule has 1 heterocycles. The number of hydrogen-bond acceptors (Lipinski definition) is 4. The molecule has 5 nitrogen and oxygen atoms in total. The van der Waals surface area contributed by atoms with Crippen molar-refractivity contribution in [2.24, 2.45) is 5.73 Å². The maximum atomic E-state index is 14.0. The van der Waals surface area contributed by atoms with Crippen LogP contribution in [0.15, 0.2) is 42.5 Å². The van der Waals surface area contributed by atoms with Crippen molar-refractivity contribution in [2.75, 3.05) is 6.67 Å². The van der Waals surface area contributed by atoms with Crippen molar-refractivity contribution < 1.29 is 22.8 Å². The van der Waals surface area contributed by atoms with Gasteiger partial charge in [-0.1, -0.05) is 29.3 Å². The number of nitrogens with two attached hydrogens (primary N) is 1. The normalized spacial score (nSPS) is 18.9. The lowest BCUT2D eigenvalue weighted by atomic mass is 9.91. The van der Waals surface area contributed by atoms with Crippen LogP contribution in [-0.2, 0) is 10.4 Å². The minimum atomic E-state index is -4.80. The van der Waals surface area contributed by atoms with E-state index in [4.69, 9.17) is 33.8 Å². The lowest BCUT2D eigenvalue weighted by Gasteiger charge is -2.28. The molecule has 4 N–H and O–H groups in total. The number of benzene rings is 2. The molecule has 1 atom stereocenters. The van der Waals surface area contributed by atoms with Crippen LogP contribution in [0.25, 0.3) is 5.70 Å². The van der Waals surface area contributed by atoms with Crippen molar-refractivity contribution in [1.82, 2.24) is 10.8 Å². The molecule has 0 aliphatic carbocycles. The zero-order chi connectivity index (χ0) is 21.4. The van der Waals surface area contributed by atoms with Gasteiger partial charge in [-0.05, 0) is 54.5 Å². The molecule has 154 valence electrons. The number of nitrogens with one attached hydrogen (secondary N) is 2. The van der Waals surface area contributed by atoms with E-state index in [9.17, 15) is 18.0 Å². The number of carbonyl (C=O) groups excluding carboxylic acids is 1. The Morgan fingerprint density at radius 3 is 2.41 bits per heavy atom. The molecule has 0 radical (unpaired) electrons. The molecule has 1 aliphatic heterocycles. The maximum absolute atomic E-state index is 14.0. The minimum Gasteiger partial charge on any atom is -0.340 e. The molecule has 0 saturated heterocycles. The molecular weight excluding hydrogens is 430 g/mol. The molecule has 1 unspecified atom stereocenters. The third-order valence-corrected chi connectivity index (χ3v) is 4.86. The summed E-state index contributed by atoms with van der Waals surface area (Å²) >= 11 is 11.8. The SMILES string of the molecule is Cc1cc(C2=CC(c3cc(Cl)cc(Cl)c3)(C(F)(F)F)ON2)ccc1C(=O)NCN. The number of hydrogen-bond donors (Lipinski definition) is 3. The van der Waals surface area contributed by atoms with E-state index in [0.717, 1.165) is 18.2 Å². The molecule has 10 heteroatoms. The van der Waals surface area contributed by atoms with E-state index in [2.05, 4.69) is 10.8 Å². The van der Waals surface area contributed by atoms with E-state index >= 15 is 0 Å². The number of amides is 1. The molecule has 0 aromatic heterocycles. The number of halogens is 5. The van der Waals surface area contributed by atoms with Gasteiger partial charge in [0.1, 0.15) is 0 Å². The Morgan fingerprint density at radius 2 is 1.86 bits per heavy atom. The van der Waals surface area contributed by atoms with Gasteiger partial charge in [0.2, 0.25) is 5.60 Å². The lowest BCUT2D eigenvalue weighted by molar-refractivity contribution is -0.269. The van der Waals surface area contributed by atoms with E-state index in [1.54, 1.807) is 13.0 Å². The smallest absolute Gasteiger partial charge is 0.340 e. The molecule has 0 bridgehead atoms. The second kappa shape index (κ2) is 7.87. The average molecular weight is 446 g/mol. The summed E-state index contributed by atoms with van der Waals surface area (Å²) in [6.07, 6.45) is -3.88. The number of aryl methyl sites for hydroxylation is 1. The largest absolute Gasteiger partial charge is 0.428 e. The Bertz CT molecular complexity index is 975. The van der Waals surface area contributed by atoms with Gasteiger partial charge in [-0.15, -0.1) is 0 Å². The Kier molecular flexibility index (Phi) is 5.82. The summed E-state index contributed by atoms with van der Waals surface area (Å²) in [6, 6.07) is 8.21. The molecule has 29 heavy (non-hydrogen) atoms. The molecule has 0 fully saturated rings. The first-order valence-electron chi connectivity index (χ1n) is 8.37. The highest BCUT2D eigenvalue weighted by atomic mass is 35.5. The zero-order valence-electron chi connectivity index (χ0n) is 15.0. The first kappa shape index (κ1) is 21.4. The van der Waals surface area contributed by atoms with E-state index in [-0.39, 0.29) is 33.9 Å². The van der Waals surface area contributed by atoms with Crippen LogP contribution in [0.2, 0.25) is 10.0 Å². The molecule has 1 aliphatic rings. The van der Waals surface area contributed by atoms with Crippen molar-refractivity contribution in [3.63, 3.8) is 0 Å². The van der Waals surface area contributed by atoms with Crippen molar-refractivity contribution in [3.05, 3.63) is 74.8 Å². The molecule has 3 rings (SSSR count). The minimum absolute atomic E-state index is 0.0309. The first-order chi connectivity index (χ1) is 13.6. The van der Waals surface area contributed by atoms with Crippen LogP contribution in [0.4, 0.5) is 13.2 Å². The van der Waals surface area contributed by atoms with Gasteiger partial charge in [0.25, 0.3) is 5.91 Å². The van der Waals surface area contributed by atoms with Crippen LogP contribution in [0, 0.1) is 6.92 Å². The number of rotatable bonds is 4. The summed E-state index contributed by atoms with van der Waals surface area (Å²) in [4.78, 5) is 17.0. The standard InChI is InChI=1S/C19H16Cl2F3N3O2/c1-10-4-11(2-3-15(10)17(28)26-9-25)16-8-18(29-27-16,19(22,23)24)12-5-13(20)7-14(21)6-12/h2-8,27H,9,25H2,1H3,(H,26,28). The highest BCUT2D eigenvalue weighted by Crippen LogP contribution is 2.48. The number of alkyl halides is 3. The van der Waals surface area contributed by atoms with Crippen molar-refractivity contribution in [3.8, 4) is 0 Å². The maximum Gasteiger partial charge on any atom is 0.428 e. The van der Waals surface area contributed by atoms with Crippen LogP contribution >= 0.6 is 23.2 Å². The number of hydroxylamine groups is 1. The van der Waals surface area contributed by atoms with Gasteiger partial charge in [0.15, 0.2) is 0 Å². The third-order valence-electron chi connectivity index (χ3n) is 4.43. The monoisotopic (exact) mass is 445 g/mol. The van der Waals surface area contributed by atoms with Gasteiger partial charge in [-0.3, -0.25) is 15.1 Å². The molecule has 0 saturated carbocycles. The number of carbonyl (C=O) groups is 1. The Balaban J connectivity index is 2.06. The molecule has 1 amide bonds. The fraction of sp³-hybridized carbons (Fsp3) is 0.211. The van der Waals surface area contributed by atoms with Crippen LogP contribution < -0.4 is 16.5 Å². The lowest BCUT2D eigenvalue weighted by Crippen LogP contribution is -2.42. The van der Waals surface area contributed by atoms with Gasteiger partial charge in [-0.25, -0.2) is 0 Å². The Hall–Kier alpha value is -2.26. The zero-order valence-corrected chi connectivity index (χ0v) is 16.5. The second-order valence-corrected chi connectivity index (χ2v) is 7.27. The molecule has 2 aromatic rings. The predicted octanol–water partition coefficient (Wildman–Crippen LogP) is 4.28. The quantitative estimate of drug-likeness (QED) is 0.613. The Morgan fingerprint density at radius 1 is 1.21 bits per heavy atom. The predicted molar refractivity (Wildman–Crippen MR) is 104 cm³/mol. The van der Waals surface area contributed by atoms with Crippen LogP contribution in [0.5, 0.6) is 0 Å². The van der Waals surface area contributed by atoms with E-state index in [0.29, 0.717) is 16.7 Å². The van der Waals surface area contributed by atoms with E-state index < -0.39 is 11.8 Å². The topological polar surface area (TPSA) is 76.4 Å². The highest BCUT2D eigenvalue weighted by molar-refractivity contribution is 6.34. The van der Waals surface area contributed by atoms with Gasteiger partial charge >= 0.3 is 6.18 Å². The molecular formula is C19H16Cl2F3N3O2. The van der Waals surface area contributed by atoms with E-state index in [1.165, 1.54) is 18.2 Å².